The van der Waals surface area contributed by atoms with Crippen LogP contribution in [0.3, 0.4) is 0 Å². The van der Waals surface area contributed by atoms with Crippen molar-refractivity contribution in [3.05, 3.63) is 75.3 Å². The van der Waals surface area contributed by atoms with Gasteiger partial charge < -0.3 is 0 Å². The van der Waals surface area contributed by atoms with Gasteiger partial charge in [-0.1, -0.05) is 48.9 Å². The summed E-state index contributed by atoms with van der Waals surface area (Å²) >= 11 is 1.37. The van der Waals surface area contributed by atoms with Crippen LogP contribution in [-0.2, 0) is 16.0 Å². The summed E-state index contributed by atoms with van der Waals surface area (Å²) < 4.78 is 0. The summed E-state index contributed by atoms with van der Waals surface area (Å²) in [6, 6.07) is 16.8. The van der Waals surface area contributed by atoms with Gasteiger partial charge in [-0.15, -0.1) is 11.8 Å². The molecule has 8 heteroatoms. The average molecular weight is 433 g/mol. The zero-order valence-electron chi connectivity index (χ0n) is 17.2. The SMILES string of the molecule is CCc1c(-c2ccc(C)cc2)nc(SC)c(C#N)c1-c1ccccc1[N+](=O)[O-].O=C=O. The van der Waals surface area contributed by atoms with Crippen molar-refractivity contribution >= 4 is 23.6 Å². The monoisotopic (exact) mass is 433 g/mol. The normalized spacial score (nSPS) is 9.74. The molecule has 0 amide bonds. The minimum absolute atomic E-state index is 0.0122. The maximum absolute atomic E-state index is 11.6. The Morgan fingerprint density at radius 1 is 1.13 bits per heavy atom. The van der Waals surface area contributed by atoms with E-state index in [9.17, 15) is 15.4 Å². The Balaban J connectivity index is 0.00000107. The maximum Gasteiger partial charge on any atom is 0.373 e. The molecule has 0 aliphatic heterocycles. The van der Waals surface area contributed by atoms with Gasteiger partial charge >= 0.3 is 6.15 Å². The lowest BCUT2D eigenvalue weighted by Crippen LogP contribution is -2.04. The van der Waals surface area contributed by atoms with Crippen LogP contribution in [0.4, 0.5) is 5.69 Å². The Morgan fingerprint density at radius 2 is 1.74 bits per heavy atom. The van der Waals surface area contributed by atoms with Crippen molar-refractivity contribution in [2.75, 3.05) is 6.26 Å². The Kier molecular flexibility index (Phi) is 8.21. The zero-order chi connectivity index (χ0) is 23.0. The van der Waals surface area contributed by atoms with Gasteiger partial charge in [0.1, 0.15) is 11.1 Å². The van der Waals surface area contributed by atoms with E-state index in [1.54, 1.807) is 18.2 Å². The molecule has 0 saturated heterocycles. The second-order valence-electron chi connectivity index (χ2n) is 6.39. The van der Waals surface area contributed by atoms with Crippen LogP contribution in [0, 0.1) is 28.4 Å². The predicted molar refractivity (Wildman–Crippen MR) is 117 cm³/mol. The first-order valence-corrected chi connectivity index (χ1v) is 10.5. The quantitative estimate of drug-likeness (QED) is 0.308. The highest BCUT2D eigenvalue weighted by atomic mass is 32.2. The number of nitrogens with zero attached hydrogens (tertiary/aromatic N) is 3. The molecule has 3 rings (SSSR count). The van der Waals surface area contributed by atoms with Crippen molar-refractivity contribution in [3.8, 4) is 28.5 Å². The first-order valence-electron chi connectivity index (χ1n) is 9.24. The average Bonchev–Trinajstić information content (AvgIpc) is 2.78. The molecule has 0 fully saturated rings. The standard InChI is InChI=1S/C22H19N3O2S.CO2/c1-4-16-20(17-7-5-6-8-19(17)25(26)27)18(13-23)22(28-3)24-21(16)15-11-9-14(2)10-12-15;2-1-3/h5-12H,4H2,1-3H3;. The molecule has 0 unspecified atom stereocenters. The van der Waals surface area contributed by atoms with Crippen LogP contribution in [0.2, 0.25) is 0 Å². The molecule has 1 heterocycles. The molecule has 1 aromatic heterocycles. The number of hydrogen-bond acceptors (Lipinski definition) is 7. The van der Waals surface area contributed by atoms with Crippen LogP contribution >= 0.6 is 11.8 Å². The van der Waals surface area contributed by atoms with E-state index >= 15 is 0 Å². The van der Waals surface area contributed by atoms with E-state index in [-0.39, 0.29) is 11.8 Å². The highest BCUT2D eigenvalue weighted by Gasteiger charge is 2.25. The minimum Gasteiger partial charge on any atom is -0.258 e. The molecule has 0 aliphatic rings. The lowest BCUT2D eigenvalue weighted by atomic mass is 9.90. The second-order valence-corrected chi connectivity index (χ2v) is 7.18. The molecular formula is C23H19N3O4S. The molecule has 0 aliphatic carbocycles. The topological polar surface area (TPSA) is 114 Å². The van der Waals surface area contributed by atoms with Gasteiger partial charge in [0.2, 0.25) is 0 Å². The van der Waals surface area contributed by atoms with E-state index in [0.717, 1.165) is 22.4 Å². The van der Waals surface area contributed by atoms with Gasteiger partial charge in [0, 0.05) is 17.2 Å². The number of benzene rings is 2. The van der Waals surface area contributed by atoms with E-state index in [4.69, 9.17) is 14.6 Å². The van der Waals surface area contributed by atoms with Gasteiger partial charge in [-0.3, -0.25) is 10.1 Å². The number of nitro groups is 1. The lowest BCUT2D eigenvalue weighted by molar-refractivity contribution is -0.384. The first-order chi connectivity index (χ1) is 14.9. The van der Waals surface area contributed by atoms with Crippen molar-refractivity contribution in [1.29, 1.82) is 5.26 Å². The highest BCUT2D eigenvalue weighted by molar-refractivity contribution is 7.98. The van der Waals surface area contributed by atoms with Crippen LogP contribution in [0.25, 0.3) is 22.4 Å². The fourth-order valence-corrected chi connectivity index (χ4v) is 3.82. The summed E-state index contributed by atoms with van der Waals surface area (Å²) in [5, 5.41) is 22.1. The van der Waals surface area contributed by atoms with E-state index in [1.165, 1.54) is 17.8 Å². The summed E-state index contributed by atoms with van der Waals surface area (Å²) in [5.41, 5.74) is 5.10. The summed E-state index contributed by atoms with van der Waals surface area (Å²) in [5.74, 6) is 0. The summed E-state index contributed by atoms with van der Waals surface area (Å²) in [6.45, 7) is 4.00. The third kappa shape index (κ3) is 5.04. The summed E-state index contributed by atoms with van der Waals surface area (Å²) in [7, 11) is 0. The zero-order valence-corrected chi connectivity index (χ0v) is 18.0. The van der Waals surface area contributed by atoms with Crippen molar-refractivity contribution in [3.63, 3.8) is 0 Å². The van der Waals surface area contributed by atoms with Crippen molar-refractivity contribution in [2.45, 2.75) is 25.3 Å². The number of aryl methyl sites for hydroxylation is 1. The van der Waals surface area contributed by atoms with Crippen molar-refractivity contribution in [1.82, 2.24) is 4.98 Å². The van der Waals surface area contributed by atoms with Crippen LogP contribution in [0.15, 0.2) is 53.6 Å². The summed E-state index contributed by atoms with van der Waals surface area (Å²) in [4.78, 5) is 32.3. The molecule has 0 N–H and O–H groups in total. The van der Waals surface area contributed by atoms with Gasteiger partial charge in [0.25, 0.3) is 5.69 Å². The number of hydrogen-bond donors (Lipinski definition) is 0. The lowest BCUT2D eigenvalue weighted by Gasteiger charge is -2.18. The predicted octanol–water partition coefficient (Wildman–Crippen LogP) is 5.20. The van der Waals surface area contributed by atoms with Gasteiger partial charge in [0.05, 0.1) is 21.7 Å². The fourth-order valence-electron chi connectivity index (χ4n) is 3.29. The van der Waals surface area contributed by atoms with E-state index in [2.05, 4.69) is 6.07 Å². The number of thioether (sulfide) groups is 1. The molecule has 31 heavy (non-hydrogen) atoms. The first kappa shape index (κ1) is 23.5. The number of rotatable bonds is 5. The Labute approximate surface area is 183 Å². The molecule has 156 valence electrons. The molecule has 0 spiro atoms. The van der Waals surface area contributed by atoms with Gasteiger partial charge in [-0.2, -0.15) is 14.9 Å². The number of nitriles is 1. The number of aromatic nitrogens is 1. The molecule has 0 radical (unpaired) electrons. The number of nitro benzene ring substituents is 1. The molecule has 0 bridgehead atoms. The van der Waals surface area contributed by atoms with Crippen LogP contribution in [-0.4, -0.2) is 22.3 Å². The maximum atomic E-state index is 11.6. The Morgan fingerprint density at radius 3 is 2.26 bits per heavy atom. The number of carbonyl (C=O) groups excluding carboxylic acids is 2. The molecule has 2 aromatic carbocycles. The van der Waals surface area contributed by atoms with Gasteiger partial charge in [-0.25, -0.2) is 4.98 Å². The molecule has 0 saturated carbocycles. The van der Waals surface area contributed by atoms with E-state index in [0.29, 0.717) is 28.1 Å². The van der Waals surface area contributed by atoms with Gasteiger partial charge in [0.15, 0.2) is 0 Å². The Bertz CT molecular complexity index is 1180. The van der Waals surface area contributed by atoms with Crippen LogP contribution < -0.4 is 0 Å². The molecule has 0 atom stereocenters. The minimum atomic E-state index is -0.402. The third-order valence-corrected chi connectivity index (χ3v) is 5.30. The van der Waals surface area contributed by atoms with E-state index < -0.39 is 4.92 Å². The van der Waals surface area contributed by atoms with Crippen LogP contribution in [0.5, 0.6) is 0 Å². The Hall–Kier alpha value is -3.79. The van der Waals surface area contributed by atoms with Crippen molar-refractivity contribution in [2.24, 2.45) is 0 Å². The largest absolute Gasteiger partial charge is 0.373 e. The number of para-hydroxylation sites is 1. The van der Waals surface area contributed by atoms with Crippen molar-refractivity contribution < 1.29 is 14.5 Å². The fraction of sp³-hybridized carbons (Fsp3) is 0.174. The molecule has 3 aromatic rings. The second kappa shape index (κ2) is 10.8. The summed E-state index contributed by atoms with van der Waals surface area (Å²) in [6.07, 6.45) is 2.71. The molecular weight excluding hydrogens is 414 g/mol. The highest BCUT2D eigenvalue weighted by Crippen LogP contribution is 2.41. The third-order valence-electron chi connectivity index (χ3n) is 4.62. The van der Waals surface area contributed by atoms with E-state index in [1.807, 2.05) is 44.4 Å². The van der Waals surface area contributed by atoms with Crippen LogP contribution in [0.1, 0.15) is 23.6 Å². The smallest absolute Gasteiger partial charge is 0.258 e. The number of pyridine rings is 1. The molecule has 7 nitrogen and oxygen atoms in total. The van der Waals surface area contributed by atoms with Gasteiger partial charge in [-0.05, 0) is 31.2 Å².